The van der Waals surface area contributed by atoms with Crippen molar-refractivity contribution in [1.29, 1.82) is 0 Å². The van der Waals surface area contributed by atoms with Gasteiger partial charge < -0.3 is 15.3 Å². The standard InChI is InChI=1S/C13H10N2O2/c16-13(17)10-3-4-11-12-9(2-1-6-14-12)5-7-15(11)8-10/h1-8,14H,(H,16,17). The van der Waals surface area contributed by atoms with Gasteiger partial charge in [0.1, 0.15) is 0 Å². The Labute approximate surface area is 98.2 Å². The van der Waals surface area contributed by atoms with Crippen LogP contribution in [-0.4, -0.2) is 16.0 Å². The maximum atomic E-state index is 10.9. The summed E-state index contributed by atoms with van der Waals surface area (Å²) >= 11 is 0. The van der Waals surface area contributed by atoms with Gasteiger partial charge >= 0.3 is 5.97 Å². The summed E-state index contributed by atoms with van der Waals surface area (Å²) in [5.74, 6) is -0.920. The highest BCUT2D eigenvalue weighted by molar-refractivity contribution is 5.90. The lowest BCUT2D eigenvalue weighted by atomic mass is 10.0. The highest BCUT2D eigenvalue weighted by Crippen LogP contribution is 2.29. The van der Waals surface area contributed by atoms with E-state index in [4.69, 9.17) is 5.11 Å². The Morgan fingerprint density at radius 3 is 3.00 bits per heavy atom. The second-order valence-electron chi connectivity index (χ2n) is 3.83. The molecule has 3 heterocycles. The Balaban J connectivity index is 2.05. The predicted octanol–water partition coefficient (Wildman–Crippen LogP) is 1.61. The quantitative estimate of drug-likeness (QED) is 0.713. The Bertz CT molecular complexity index is 574. The van der Waals surface area contributed by atoms with E-state index in [0.29, 0.717) is 0 Å². The summed E-state index contributed by atoms with van der Waals surface area (Å²) in [7, 11) is 0. The molecule has 0 spiro atoms. The SMILES string of the molecule is O=C(O)C1=CN2C=CC3=CC=CNC3=C2C=C1. The fraction of sp³-hybridized carbons (Fsp3) is 0. The normalized spacial score (nSPS) is 20.4. The number of allylic oxidation sites excluding steroid dienone is 4. The van der Waals surface area contributed by atoms with Crippen molar-refractivity contribution in [1.82, 2.24) is 10.2 Å². The van der Waals surface area contributed by atoms with Gasteiger partial charge in [0.05, 0.1) is 17.0 Å². The molecule has 4 nitrogen and oxygen atoms in total. The molecule has 0 aromatic carbocycles. The average Bonchev–Trinajstić information content (AvgIpc) is 2.38. The van der Waals surface area contributed by atoms with Crippen molar-refractivity contribution in [2.75, 3.05) is 0 Å². The first-order chi connectivity index (χ1) is 8.25. The number of nitrogens with one attached hydrogen (secondary N) is 1. The van der Waals surface area contributed by atoms with Gasteiger partial charge in [-0.25, -0.2) is 4.79 Å². The van der Waals surface area contributed by atoms with E-state index in [1.165, 1.54) is 0 Å². The van der Waals surface area contributed by atoms with E-state index in [9.17, 15) is 4.79 Å². The zero-order chi connectivity index (χ0) is 11.8. The summed E-state index contributed by atoms with van der Waals surface area (Å²) in [5, 5.41) is 12.1. The van der Waals surface area contributed by atoms with Gasteiger partial charge in [-0.1, -0.05) is 6.08 Å². The van der Waals surface area contributed by atoms with Crippen molar-refractivity contribution in [3.63, 3.8) is 0 Å². The highest BCUT2D eigenvalue weighted by Gasteiger charge is 2.21. The van der Waals surface area contributed by atoms with Crippen LogP contribution >= 0.6 is 0 Å². The van der Waals surface area contributed by atoms with Gasteiger partial charge in [0.2, 0.25) is 0 Å². The Hall–Kier alpha value is -2.49. The average molecular weight is 226 g/mol. The number of dihydropyridines is 1. The number of carbonyl (C=O) groups is 1. The van der Waals surface area contributed by atoms with Crippen LogP contribution in [0.15, 0.2) is 71.5 Å². The maximum Gasteiger partial charge on any atom is 0.337 e. The lowest BCUT2D eigenvalue weighted by Gasteiger charge is -2.29. The van der Waals surface area contributed by atoms with Crippen molar-refractivity contribution in [3.05, 3.63) is 71.5 Å². The molecule has 2 N–H and O–H groups in total. The van der Waals surface area contributed by atoms with Gasteiger partial charge in [-0.15, -0.1) is 0 Å². The summed E-state index contributed by atoms with van der Waals surface area (Å²) in [6, 6.07) is 0. The molecule has 0 bridgehead atoms. The van der Waals surface area contributed by atoms with Crippen molar-refractivity contribution >= 4 is 5.97 Å². The number of fused-ring (bicyclic) bond motifs is 2. The number of nitrogens with zero attached hydrogens (tertiary/aromatic N) is 1. The van der Waals surface area contributed by atoms with Gasteiger partial charge in [0.15, 0.2) is 0 Å². The fourth-order valence-corrected chi connectivity index (χ4v) is 1.95. The number of carboxylic acids is 1. The minimum Gasteiger partial charge on any atom is -0.478 e. The van der Waals surface area contributed by atoms with Crippen molar-refractivity contribution in [3.8, 4) is 0 Å². The van der Waals surface area contributed by atoms with Gasteiger partial charge in [0.25, 0.3) is 0 Å². The molecule has 0 unspecified atom stereocenters. The first kappa shape index (κ1) is 9.72. The van der Waals surface area contributed by atoms with E-state index in [1.54, 1.807) is 12.3 Å². The molecule has 0 aliphatic carbocycles. The molecular formula is C13H10N2O2. The molecule has 0 aromatic heterocycles. The van der Waals surface area contributed by atoms with Crippen LogP contribution in [0.5, 0.6) is 0 Å². The molecule has 0 fully saturated rings. The predicted molar refractivity (Wildman–Crippen MR) is 63.2 cm³/mol. The van der Waals surface area contributed by atoms with E-state index in [-0.39, 0.29) is 5.57 Å². The second kappa shape index (κ2) is 3.52. The Morgan fingerprint density at radius 1 is 1.29 bits per heavy atom. The van der Waals surface area contributed by atoms with Gasteiger partial charge in [0, 0.05) is 24.2 Å². The van der Waals surface area contributed by atoms with Crippen LogP contribution in [0.1, 0.15) is 0 Å². The van der Waals surface area contributed by atoms with E-state index >= 15 is 0 Å². The molecular weight excluding hydrogens is 216 g/mol. The minimum absolute atomic E-state index is 0.276. The topological polar surface area (TPSA) is 52.6 Å². The third-order valence-electron chi connectivity index (χ3n) is 2.78. The molecule has 0 radical (unpaired) electrons. The number of hydrogen-bond acceptors (Lipinski definition) is 3. The smallest absolute Gasteiger partial charge is 0.337 e. The largest absolute Gasteiger partial charge is 0.478 e. The number of carboxylic acid groups (broad SMARTS) is 1. The van der Waals surface area contributed by atoms with Crippen LogP contribution in [-0.2, 0) is 4.79 Å². The molecule has 84 valence electrons. The summed E-state index contributed by atoms with van der Waals surface area (Å²) in [5.41, 5.74) is 3.31. The first-order valence-electron chi connectivity index (χ1n) is 5.23. The summed E-state index contributed by atoms with van der Waals surface area (Å²) in [6.45, 7) is 0. The van der Waals surface area contributed by atoms with Crippen LogP contribution in [0.2, 0.25) is 0 Å². The second-order valence-corrected chi connectivity index (χ2v) is 3.83. The van der Waals surface area contributed by atoms with E-state index in [2.05, 4.69) is 5.32 Å². The number of rotatable bonds is 1. The zero-order valence-corrected chi connectivity index (χ0v) is 8.92. The molecule has 0 aromatic rings. The maximum absolute atomic E-state index is 10.9. The third-order valence-corrected chi connectivity index (χ3v) is 2.78. The van der Waals surface area contributed by atoms with Gasteiger partial charge in [-0.3, -0.25) is 0 Å². The molecule has 0 atom stereocenters. The van der Waals surface area contributed by atoms with E-state index < -0.39 is 5.97 Å². The van der Waals surface area contributed by atoms with Crippen molar-refractivity contribution < 1.29 is 9.90 Å². The Morgan fingerprint density at radius 2 is 2.18 bits per heavy atom. The zero-order valence-electron chi connectivity index (χ0n) is 8.92. The minimum atomic E-state index is -0.920. The molecule has 3 rings (SSSR count). The van der Waals surface area contributed by atoms with Gasteiger partial charge in [-0.2, -0.15) is 0 Å². The molecule has 0 amide bonds. The van der Waals surface area contributed by atoms with Crippen molar-refractivity contribution in [2.24, 2.45) is 0 Å². The first-order valence-corrected chi connectivity index (χ1v) is 5.23. The van der Waals surface area contributed by atoms with Crippen LogP contribution in [0.4, 0.5) is 0 Å². The van der Waals surface area contributed by atoms with Crippen molar-refractivity contribution in [2.45, 2.75) is 0 Å². The number of aliphatic carboxylic acids is 1. The Kier molecular flexibility index (Phi) is 2.01. The molecule has 17 heavy (non-hydrogen) atoms. The van der Waals surface area contributed by atoms with Crippen LogP contribution in [0.25, 0.3) is 0 Å². The van der Waals surface area contributed by atoms with Crippen LogP contribution in [0.3, 0.4) is 0 Å². The van der Waals surface area contributed by atoms with Gasteiger partial charge in [-0.05, 0) is 24.3 Å². The molecule has 3 aliphatic rings. The van der Waals surface area contributed by atoms with Crippen LogP contribution in [0, 0.1) is 0 Å². The fourth-order valence-electron chi connectivity index (χ4n) is 1.95. The number of hydrogen-bond donors (Lipinski definition) is 2. The summed E-state index contributed by atoms with van der Waals surface area (Å²) in [6.07, 6.45) is 14.6. The monoisotopic (exact) mass is 226 g/mol. The third kappa shape index (κ3) is 1.50. The summed E-state index contributed by atoms with van der Waals surface area (Å²) in [4.78, 5) is 12.7. The molecule has 0 saturated carbocycles. The summed E-state index contributed by atoms with van der Waals surface area (Å²) < 4.78 is 0. The lowest BCUT2D eigenvalue weighted by Crippen LogP contribution is -2.25. The molecule has 0 saturated heterocycles. The van der Waals surface area contributed by atoms with E-state index in [1.807, 2.05) is 41.6 Å². The van der Waals surface area contributed by atoms with Crippen LogP contribution < -0.4 is 5.32 Å². The molecule has 4 heteroatoms. The molecule has 3 aliphatic heterocycles. The highest BCUT2D eigenvalue weighted by atomic mass is 16.4. The van der Waals surface area contributed by atoms with E-state index in [0.717, 1.165) is 17.0 Å². The lowest BCUT2D eigenvalue weighted by molar-refractivity contribution is -0.132.